The van der Waals surface area contributed by atoms with Gasteiger partial charge in [0.15, 0.2) is 0 Å². The summed E-state index contributed by atoms with van der Waals surface area (Å²) >= 11 is 5.97. The van der Waals surface area contributed by atoms with Gasteiger partial charge in [0.25, 0.3) is 0 Å². The monoisotopic (exact) mass is 334 g/mol. The minimum absolute atomic E-state index is 0.115. The highest BCUT2D eigenvalue weighted by Crippen LogP contribution is 2.23. The summed E-state index contributed by atoms with van der Waals surface area (Å²) in [5.74, 6) is -0.0172. The molecule has 0 bridgehead atoms. The summed E-state index contributed by atoms with van der Waals surface area (Å²) in [6, 6.07) is 10.9. The van der Waals surface area contributed by atoms with E-state index in [2.05, 4.69) is 10.5 Å². The number of nitrogens with one attached hydrogen (secondary N) is 1. The molecule has 2 aromatic carbocycles. The summed E-state index contributed by atoms with van der Waals surface area (Å²) in [6.07, 6.45) is 0.115. The summed E-state index contributed by atoms with van der Waals surface area (Å²) < 4.78 is 18.1. The van der Waals surface area contributed by atoms with Crippen molar-refractivity contribution in [1.82, 2.24) is 5.43 Å². The molecule has 1 N–H and O–H groups in total. The third-order valence-electron chi connectivity index (χ3n) is 3.18. The maximum atomic E-state index is 12.8. The Labute approximate surface area is 138 Å². The van der Waals surface area contributed by atoms with Crippen molar-refractivity contribution in [2.75, 3.05) is 7.11 Å². The van der Waals surface area contributed by atoms with Crippen LogP contribution in [-0.4, -0.2) is 18.7 Å². The summed E-state index contributed by atoms with van der Waals surface area (Å²) in [5.41, 5.74) is 4.44. The SMILES string of the molecule is COc1ccc(Cl)cc1/C(C)=N\NC(=O)Cc1ccc(F)cc1. The molecule has 6 heteroatoms. The van der Waals surface area contributed by atoms with E-state index in [0.29, 0.717) is 27.6 Å². The first-order chi connectivity index (χ1) is 11.0. The van der Waals surface area contributed by atoms with Gasteiger partial charge in [-0.25, -0.2) is 9.82 Å². The molecule has 2 rings (SSSR count). The van der Waals surface area contributed by atoms with Gasteiger partial charge in [-0.3, -0.25) is 4.79 Å². The fourth-order valence-corrected chi connectivity index (χ4v) is 2.17. The summed E-state index contributed by atoms with van der Waals surface area (Å²) in [5, 5.41) is 4.61. The van der Waals surface area contributed by atoms with E-state index in [9.17, 15) is 9.18 Å². The van der Waals surface area contributed by atoms with Crippen LogP contribution in [0.4, 0.5) is 4.39 Å². The molecule has 0 heterocycles. The first-order valence-corrected chi connectivity index (χ1v) is 7.29. The Balaban J connectivity index is 2.05. The molecule has 23 heavy (non-hydrogen) atoms. The molecule has 0 spiro atoms. The second kappa shape index (κ2) is 7.74. The van der Waals surface area contributed by atoms with E-state index < -0.39 is 0 Å². The number of benzene rings is 2. The molecule has 0 unspecified atom stereocenters. The molecule has 0 saturated heterocycles. The first kappa shape index (κ1) is 17.0. The smallest absolute Gasteiger partial charge is 0.244 e. The highest BCUT2D eigenvalue weighted by atomic mass is 35.5. The van der Waals surface area contributed by atoms with Crippen LogP contribution in [0, 0.1) is 5.82 Å². The molecule has 2 aromatic rings. The van der Waals surface area contributed by atoms with Gasteiger partial charge in [0.2, 0.25) is 5.91 Å². The number of ether oxygens (including phenoxy) is 1. The molecular formula is C17H16ClFN2O2. The quantitative estimate of drug-likeness (QED) is 0.671. The maximum Gasteiger partial charge on any atom is 0.244 e. The average Bonchev–Trinajstić information content (AvgIpc) is 2.54. The molecule has 0 radical (unpaired) electrons. The number of halogens is 2. The Morgan fingerprint density at radius 1 is 1.26 bits per heavy atom. The van der Waals surface area contributed by atoms with Crippen LogP contribution in [-0.2, 0) is 11.2 Å². The van der Waals surface area contributed by atoms with E-state index >= 15 is 0 Å². The number of hydrogen-bond acceptors (Lipinski definition) is 3. The predicted octanol–water partition coefficient (Wildman–Crippen LogP) is 3.57. The summed E-state index contributed by atoms with van der Waals surface area (Å²) in [6.45, 7) is 1.74. The highest BCUT2D eigenvalue weighted by Gasteiger charge is 2.08. The minimum Gasteiger partial charge on any atom is -0.496 e. The van der Waals surface area contributed by atoms with E-state index in [4.69, 9.17) is 16.3 Å². The second-order valence-corrected chi connectivity index (χ2v) is 5.32. The van der Waals surface area contributed by atoms with Crippen LogP contribution < -0.4 is 10.2 Å². The van der Waals surface area contributed by atoms with E-state index in [1.807, 2.05) is 0 Å². The van der Waals surface area contributed by atoms with E-state index in [0.717, 1.165) is 0 Å². The zero-order valence-electron chi connectivity index (χ0n) is 12.8. The lowest BCUT2D eigenvalue weighted by Gasteiger charge is -2.09. The van der Waals surface area contributed by atoms with Crippen molar-refractivity contribution in [3.8, 4) is 5.75 Å². The van der Waals surface area contributed by atoms with Crippen LogP contribution in [0.5, 0.6) is 5.75 Å². The molecule has 0 saturated carbocycles. The molecule has 0 aliphatic carbocycles. The Bertz CT molecular complexity index is 730. The third-order valence-corrected chi connectivity index (χ3v) is 3.41. The van der Waals surface area contributed by atoms with Gasteiger partial charge < -0.3 is 4.74 Å². The van der Waals surface area contributed by atoms with Gasteiger partial charge in [0.1, 0.15) is 11.6 Å². The Hall–Kier alpha value is -2.40. The van der Waals surface area contributed by atoms with Crippen LogP contribution in [0.3, 0.4) is 0 Å². The summed E-state index contributed by atoms with van der Waals surface area (Å²) in [4.78, 5) is 11.9. The van der Waals surface area contributed by atoms with Crippen molar-refractivity contribution >= 4 is 23.2 Å². The Kier molecular flexibility index (Phi) is 5.71. The molecule has 0 aromatic heterocycles. The number of carbonyl (C=O) groups excluding carboxylic acids is 1. The highest BCUT2D eigenvalue weighted by molar-refractivity contribution is 6.31. The lowest BCUT2D eigenvalue weighted by molar-refractivity contribution is -0.120. The predicted molar refractivity (Wildman–Crippen MR) is 88.5 cm³/mol. The molecule has 0 aliphatic rings. The number of carbonyl (C=O) groups is 1. The van der Waals surface area contributed by atoms with Crippen LogP contribution in [0.25, 0.3) is 0 Å². The number of methoxy groups -OCH3 is 1. The van der Waals surface area contributed by atoms with Crippen molar-refractivity contribution in [2.45, 2.75) is 13.3 Å². The van der Waals surface area contributed by atoms with Crippen LogP contribution in [0.15, 0.2) is 47.6 Å². The van der Waals surface area contributed by atoms with Gasteiger partial charge in [-0.05, 0) is 42.8 Å². The number of hydrogen-bond donors (Lipinski definition) is 1. The first-order valence-electron chi connectivity index (χ1n) is 6.91. The lowest BCUT2D eigenvalue weighted by atomic mass is 10.1. The van der Waals surface area contributed by atoms with Crippen LogP contribution in [0.2, 0.25) is 5.02 Å². The van der Waals surface area contributed by atoms with E-state index in [1.165, 1.54) is 12.1 Å². The van der Waals surface area contributed by atoms with Crippen molar-refractivity contribution in [3.05, 3.63) is 64.4 Å². The molecule has 0 aliphatic heterocycles. The molecule has 0 fully saturated rings. The largest absolute Gasteiger partial charge is 0.496 e. The van der Waals surface area contributed by atoms with Gasteiger partial charge in [0, 0.05) is 10.6 Å². The molecular weight excluding hydrogens is 319 g/mol. The lowest BCUT2D eigenvalue weighted by Crippen LogP contribution is -2.21. The van der Waals surface area contributed by atoms with Crippen LogP contribution >= 0.6 is 11.6 Å². The standard InChI is InChI=1S/C17H16ClFN2O2/c1-11(15-10-13(18)5-8-16(15)23-2)20-21-17(22)9-12-3-6-14(19)7-4-12/h3-8,10H,9H2,1-2H3,(H,21,22)/b20-11-. The van der Waals surface area contributed by atoms with Crippen molar-refractivity contribution in [1.29, 1.82) is 0 Å². The zero-order chi connectivity index (χ0) is 16.8. The second-order valence-electron chi connectivity index (χ2n) is 4.88. The Morgan fingerprint density at radius 3 is 2.61 bits per heavy atom. The van der Waals surface area contributed by atoms with Gasteiger partial charge >= 0.3 is 0 Å². The zero-order valence-corrected chi connectivity index (χ0v) is 13.5. The average molecular weight is 335 g/mol. The van der Waals surface area contributed by atoms with Crippen molar-refractivity contribution in [2.24, 2.45) is 5.10 Å². The van der Waals surface area contributed by atoms with Crippen molar-refractivity contribution < 1.29 is 13.9 Å². The van der Waals surface area contributed by atoms with Crippen LogP contribution in [0.1, 0.15) is 18.1 Å². The fourth-order valence-electron chi connectivity index (χ4n) is 2.00. The minimum atomic E-state index is -0.337. The topological polar surface area (TPSA) is 50.7 Å². The maximum absolute atomic E-state index is 12.8. The molecule has 0 atom stereocenters. The van der Waals surface area contributed by atoms with E-state index in [1.54, 1.807) is 44.4 Å². The summed E-state index contributed by atoms with van der Waals surface area (Å²) in [7, 11) is 1.55. The van der Waals surface area contributed by atoms with Gasteiger partial charge in [-0.15, -0.1) is 0 Å². The number of amides is 1. The fraction of sp³-hybridized carbons (Fsp3) is 0.176. The van der Waals surface area contributed by atoms with Gasteiger partial charge in [-0.1, -0.05) is 23.7 Å². The van der Waals surface area contributed by atoms with E-state index in [-0.39, 0.29) is 18.1 Å². The molecule has 120 valence electrons. The van der Waals surface area contributed by atoms with Crippen molar-refractivity contribution in [3.63, 3.8) is 0 Å². The third kappa shape index (κ3) is 4.79. The number of hydrazone groups is 1. The number of rotatable bonds is 5. The normalized spacial score (nSPS) is 11.2. The van der Waals surface area contributed by atoms with Gasteiger partial charge in [0.05, 0.1) is 19.2 Å². The molecule has 1 amide bonds. The number of nitrogens with zero attached hydrogens (tertiary/aromatic N) is 1. The van der Waals surface area contributed by atoms with Gasteiger partial charge in [-0.2, -0.15) is 5.10 Å². The molecule has 4 nitrogen and oxygen atoms in total. The Morgan fingerprint density at radius 2 is 1.96 bits per heavy atom.